The minimum Gasteiger partial charge on any atom is -0.493 e. The van der Waals surface area contributed by atoms with Crippen LogP contribution in [0.25, 0.3) is 0 Å². The van der Waals surface area contributed by atoms with Gasteiger partial charge in [-0.3, -0.25) is 4.68 Å². The smallest absolute Gasteiger partial charge is 0.283 e. The molecule has 15 heavy (non-hydrogen) atoms. The van der Waals surface area contributed by atoms with E-state index in [0.29, 0.717) is 5.69 Å². The summed E-state index contributed by atoms with van der Waals surface area (Å²) in [6.07, 6.45) is -2.58. The van der Waals surface area contributed by atoms with Crippen molar-refractivity contribution in [3.05, 3.63) is 11.4 Å². The topological polar surface area (TPSA) is 27.1 Å². The van der Waals surface area contributed by atoms with E-state index in [9.17, 15) is 8.78 Å². The minimum atomic E-state index is -2.58. The number of alkyl halides is 2. The number of aromatic nitrogens is 2. The van der Waals surface area contributed by atoms with E-state index >= 15 is 0 Å². The highest BCUT2D eigenvalue weighted by Crippen LogP contribution is 2.34. The summed E-state index contributed by atoms with van der Waals surface area (Å²) in [7, 11) is 1.38. The van der Waals surface area contributed by atoms with Crippen molar-refractivity contribution in [3.8, 4) is 5.75 Å². The van der Waals surface area contributed by atoms with Crippen LogP contribution in [0.15, 0.2) is 0 Å². The molecule has 0 unspecified atom stereocenters. The molecule has 0 saturated heterocycles. The molecule has 0 saturated carbocycles. The van der Waals surface area contributed by atoms with E-state index in [0.717, 1.165) is 0 Å². The third-order valence-electron chi connectivity index (χ3n) is 2.09. The molecule has 1 aromatic heterocycles. The lowest BCUT2D eigenvalue weighted by atomic mass is 10.1. The number of hydrogen-bond acceptors (Lipinski definition) is 2. The predicted molar refractivity (Wildman–Crippen MR) is 53.5 cm³/mol. The molecule has 0 aliphatic carbocycles. The Kier molecular flexibility index (Phi) is 3.02. The number of halogens is 2. The number of rotatable bonds is 2. The maximum atomic E-state index is 12.9. The lowest BCUT2D eigenvalue weighted by molar-refractivity contribution is 0.126. The highest BCUT2D eigenvalue weighted by Gasteiger charge is 2.29. The Morgan fingerprint density at radius 3 is 2.20 bits per heavy atom. The van der Waals surface area contributed by atoms with E-state index < -0.39 is 12.0 Å². The molecule has 0 atom stereocenters. The Bertz CT molecular complexity index is 353. The fraction of sp³-hybridized carbons (Fsp3) is 0.700. The van der Waals surface area contributed by atoms with Crippen LogP contribution < -0.4 is 4.74 Å². The van der Waals surface area contributed by atoms with Crippen molar-refractivity contribution in [2.45, 2.75) is 39.7 Å². The van der Waals surface area contributed by atoms with Gasteiger partial charge in [0.05, 0.1) is 12.6 Å². The van der Waals surface area contributed by atoms with Crippen molar-refractivity contribution in [1.29, 1.82) is 0 Å². The first kappa shape index (κ1) is 11.9. The number of hydrogen-bond donors (Lipinski definition) is 0. The molecule has 0 N–H and O–H groups in total. The Morgan fingerprint density at radius 1 is 1.33 bits per heavy atom. The van der Waals surface area contributed by atoms with Gasteiger partial charge < -0.3 is 4.74 Å². The van der Waals surface area contributed by atoms with Crippen molar-refractivity contribution >= 4 is 0 Å². The van der Waals surface area contributed by atoms with Crippen molar-refractivity contribution in [2.75, 3.05) is 7.11 Å². The fourth-order valence-corrected chi connectivity index (χ4v) is 1.49. The number of ether oxygens (including phenoxy) is 1. The van der Waals surface area contributed by atoms with Gasteiger partial charge in [0.15, 0.2) is 5.75 Å². The standard InChI is InChI=1S/C10H16F2N2O/c1-6-8(15-5)7(9(11)12)14(13-6)10(2,3)4/h9H,1-5H3. The average Bonchev–Trinajstić information content (AvgIpc) is 2.41. The molecular weight excluding hydrogens is 202 g/mol. The summed E-state index contributed by atoms with van der Waals surface area (Å²) in [6, 6.07) is 0. The van der Waals surface area contributed by atoms with Gasteiger partial charge in [-0.15, -0.1) is 0 Å². The summed E-state index contributed by atoms with van der Waals surface area (Å²) in [4.78, 5) is 0. The Labute approximate surface area is 88.0 Å². The van der Waals surface area contributed by atoms with E-state index in [1.165, 1.54) is 11.8 Å². The molecule has 0 aliphatic rings. The molecule has 1 aromatic rings. The Morgan fingerprint density at radius 2 is 1.87 bits per heavy atom. The quantitative estimate of drug-likeness (QED) is 0.763. The zero-order valence-electron chi connectivity index (χ0n) is 9.64. The van der Waals surface area contributed by atoms with E-state index in [4.69, 9.17) is 4.74 Å². The first-order chi connectivity index (χ1) is 6.79. The molecule has 0 amide bonds. The predicted octanol–water partition coefficient (Wildman–Crippen LogP) is 2.89. The van der Waals surface area contributed by atoms with Crippen LogP contribution in [0.2, 0.25) is 0 Å². The van der Waals surface area contributed by atoms with Crippen LogP contribution in [-0.4, -0.2) is 16.9 Å². The molecule has 0 aliphatic heterocycles. The molecule has 0 radical (unpaired) electrons. The van der Waals surface area contributed by atoms with E-state index in [2.05, 4.69) is 5.10 Å². The van der Waals surface area contributed by atoms with Crippen LogP contribution >= 0.6 is 0 Å². The molecular formula is C10H16F2N2O. The lowest BCUT2D eigenvalue weighted by Crippen LogP contribution is -2.25. The molecule has 3 nitrogen and oxygen atoms in total. The van der Waals surface area contributed by atoms with Gasteiger partial charge in [-0.2, -0.15) is 5.10 Å². The second-order valence-electron chi connectivity index (χ2n) is 4.39. The highest BCUT2D eigenvalue weighted by molar-refractivity contribution is 5.34. The Hall–Kier alpha value is -1.13. The largest absolute Gasteiger partial charge is 0.493 e. The van der Waals surface area contributed by atoms with E-state index in [1.54, 1.807) is 6.92 Å². The average molecular weight is 218 g/mol. The Balaban J connectivity index is 3.40. The SMILES string of the molecule is COc1c(C)nn(C(C)(C)C)c1C(F)F. The molecule has 86 valence electrons. The molecule has 0 bridgehead atoms. The van der Waals surface area contributed by atoms with Crippen LogP contribution in [0, 0.1) is 6.92 Å². The van der Waals surface area contributed by atoms with Gasteiger partial charge in [-0.25, -0.2) is 8.78 Å². The van der Waals surface area contributed by atoms with Crippen LogP contribution in [0.3, 0.4) is 0 Å². The number of nitrogens with zero attached hydrogens (tertiary/aromatic N) is 2. The van der Waals surface area contributed by atoms with Crippen molar-refractivity contribution in [1.82, 2.24) is 9.78 Å². The molecule has 1 heterocycles. The maximum Gasteiger partial charge on any atom is 0.283 e. The van der Waals surface area contributed by atoms with Gasteiger partial charge in [0.25, 0.3) is 6.43 Å². The third kappa shape index (κ3) is 2.11. The van der Waals surface area contributed by atoms with Crippen molar-refractivity contribution in [3.63, 3.8) is 0 Å². The molecule has 5 heteroatoms. The first-order valence-corrected chi connectivity index (χ1v) is 4.71. The van der Waals surface area contributed by atoms with Gasteiger partial charge in [-0.05, 0) is 27.7 Å². The molecule has 0 fully saturated rings. The maximum absolute atomic E-state index is 12.9. The van der Waals surface area contributed by atoms with Crippen molar-refractivity contribution in [2.24, 2.45) is 0 Å². The van der Waals surface area contributed by atoms with Crippen LogP contribution in [0.1, 0.15) is 38.6 Å². The second-order valence-corrected chi connectivity index (χ2v) is 4.39. The first-order valence-electron chi connectivity index (χ1n) is 4.71. The van der Waals surface area contributed by atoms with E-state index in [1.807, 2.05) is 20.8 Å². The van der Waals surface area contributed by atoms with E-state index in [-0.39, 0.29) is 11.4 Å². The van der Waals surface area contributed by atoms with Gasteiger partial charge in [-0.1, -0.05) is 0 Å². The molecule has 0 aromatic carbocycles. The number of aryl methyl sites for hydroxylation is 1. The normalized spacial score (nSPS) is 12.3. The summed E-state index contributed by atoms with van der Waals surface area (Å²) in [5.41, 5.74) is -0.141. The van der Waals surface area contributed by atoms with Crippen LogP contribution in [0.4, 0.5) is 8.78 Å². The summed E-state index contributed by atoms with van der Waals surface area (Å²) < 4.78 is 32.0. The van der Waals surface area contributed by atoms with Gasteiger partial charge in [0.2, 0.25) is 0 Å². The molecule has 0 spiro atoms. The van der Waals surface area contributed by atoms with Gasteiger partial charge in [0, 0.05) is 0 Å². The zero-order chi connectivity index (χ0) is 11.8. The van der Waals surface area contributed by atoms with Gasteiger partial charge >= 0.3 is 0 Å². The lowest BCUT2D eigenvalue weighted by Gasteiger charge is -2.22. The van der Waals surface area contributed by atoms with Crippen LogP contribution in [-0.2, 0) is 5.54 Å². The summed E-state index contributed by atoms with van der Waals surface area (Å²) in [5.74, 6) is 0.180. The van der Waals surface area contributed by atoms with Gasteiger partial charge in [0.1, 0.15) is 11.4 Å². The zero-order valence-corrected chi connectivity index (χ0v) is 9.64. The summed E-state index contributed by atoms with van der Waals surface area (Å²) in [5, 5.41) is 4.09. The monoisotopic (exact) mass is 218 g/mol. The minimum absolute atomic E-state index is 0.150. The molecule has 1 rings (SSSR count). The third-order valence-corrected chi connectivity index (χ3v) is 2.09. The van der Waals surface area contributed by atoms with Crippen molar-refractivity contribution < 1.29 is 13.5 Å². The van der Waals surface area contributed by atoms with Crippen LogP contribution in [0.5, 0.6) is 5.75 Å². The second kappa shape index (κ2) is 3.79. The fourth-order valence-electron chi connectivity index (χ4n) is 1.49. The number of methoxy groups -OCH3 is 1. The highest BCUT2D eigenvalue weighted by atomic mass is 19.3. The summed E-state index contributed by atoms with van der Waals surface area (Å²) >= 11 is 0. The summed E-state index contributed by atoms with van der Waals surface area (Å²) in [6.45, 7) is 7.13.